The molecule has 0 saturated heterocycles. The Balaban J connectivity index is 1.64. The summed E-state index contributed by atoms with van der Waals surface area (Å²) in [7, 11) is 0. The predicted molar refractivity (Wildman–Crippen MR) is 90.5 cm³/mol. The number of hydrogen-bond donors (Lipinski definition) is 2. The van der Waals surface area contributed by atoms with E-state index in [1.165, 1.54) is 0 Å². The van der Waals surface area contributed by atoms with E-state index in [4.69, 9.17) is 4.42 Å². The van der Waals surface area contributed by atoms with E-state index in [1.807, 2.05) is 6.07 Å². The number of nitrogens with one attached hydrogen (secondary N) is 2. The minimum atomic E-state index is -0.521. The monoisotopic (exact) mass is 342 g/mol. The zero-order chi connectivity index (χ0) is 17.6. The second kappa shape index (κ2) is 6.11. The summed E-state index contributed by atoms with van der Waals surface area (Å²) < 4.78 is 20.3. The first-order valence-corrected chi connectivity index (χ1v) is 8.54. The molecule has 0 unspecified atom stereocenters. The van der Waals surface area contributed by atoms with E-state index in [9.17, 15) is 14.0 Å². The maximum Gasteiger partial charge on any atom is 0.291 e. The summed E-state index contributed by atoms with van der Waals surface area (Å²) >= 11 is 0. The maximum absolute atomic E-state index is 14.7. The van der Waals surface area contributed by atoms with Crippen LogP contribution in [0.15, 0.2) is 16.5 Å². The summed E-state index contributed by atoms with van der Waals surface area (Å²) in [5, 5.41) is 5.79. The number of carbonyl (C=O) groups is 2. The van der Waals surface area contributed by atoms with Crippen LogP contribution in [0.5, 0.6) is 0 Å². The molecule has 4 rings (SSSR count). The highest BCUT2D eigenvalue weighted by Gasteiger charge is 2.29. The number of anilines is 1. The van der Waals surface area contributed by atoms with Gasteiger partial charge in [0.05, 0.1) is 11.3 Å². The highest BCUT2D eigenvalue weighted by atomic mass is 19.1. The van der Waals surface area contributed by atoms with E-state index in [-0.39, 0.29) is 17.2 Å². The van der Waals surface area contributed by atoms with E-state index >= 15 is 0 Å². The van der Waals surface area contributed by atoms with Gasteiger partial charge in [-0.25, -0.2) is 4.39 Å². The highest BCUT2D eigenvalue weighted by molar-refractivity contribution is 6.07. The van der Waals surface area contributed by atoms with Gasteiger partial charge in [0.2, 0.25) is 0 Å². The van der Waals surface area contributed by atoms with Gasteiger partial charge in [-0.2, -0.15) is 0 Å². The topological polar surface area (TPSA) is 71.3 Å². The smallest absolute Gasteiger partial charge is 0.291 e. The van der Waals surface area contributed by atoms with Crippen molar-refractivity contribution in [1.82, 2.24) is 5.32 Å². The summed E-state index contributed by atoms with van der Waals surface area (Å²) in [5.41, 5.74) is 2.76. The molecule has 0 atom stereocenters. The summed E-state index contributed by atoms with van der Waals surface area (Å²) in [6, 6.07) is 3.39. The Morgan fingerprint density at radius 1 is 1.28 bits per heavy atom. The number of benzene rings is 1. The average Bonchev–Trinajstić information content (AvgIpc) is 2.96. The molecule has 1 amide bonds. The molecule has 2 N–H and O–H groups in total. The van der Waals surface area contributed by atoms with Crippen LogP contribution in [0.1, 0.15) is 56.2 Å². The van der Waals surface area contributed by atoms with E-state index in [0.29, 0.717) is 54.8 Å². The molecular weight excluding hydrogens is 323 g/mol. The molecule has 1 aliphatic heterocycles. The Morgan fingerprint density at radius 2 is 2.12 bits per heavy atom. The molecule has 0 radical (unpaired) electrons. The Bertz CT molecular complexity index is 885. The number of furan rings is 1. The number of ketones is 1. The first-order chi connectivity index (χ1) is 12.1. The van der Waals surface area contributed by atoms with Gasteiger partial charge in [-0.15, -0.1) is 0 Å². The van der Waals surface area contributed by atoms with Crippen molar-refractivity contribution >= 4 is 17.4 Å². The molecule has 2 aliphatic rings. The largest absolute Gasteiger partial charge is 0.455 e. The first kappa shape index (κ1) is 16.0. The van der Waals surface area contributed by atoms with E-state index in [2.05, 4.69) is 10.6 Å². The minimum Gasteiger partial charge on any atom is -0.455 e. The quantitative estimate of drug-likeness (QED) is 0.879. The van der Waals surface area contributed by atoms with Crippen LogP contribution in [-0.4, -0.2) is 18.2 Å². The van der Waals surface area contributed by atoms with Gasteiger partial charge in [0.15, 0.2) is 11.5 Å². The molecule has 1 aromatic heterocycles. The lowest BCUT2D eigenvalue weighted by Gasteiger charge is -2.19. The summed E-state index contributed by atoms with van der Waals surface area (Å²) in [4.78, 5) is 24.6. The molecule has 6 heteroatoms. The molecule has 0 saturated carbocycles. The SMILES string of the molecule is Cc1c(C(=O)Nc2ccc3c(c2F)CCNC3)oc2c1C(=O)CCC2. The molecule has 2 heterocycles. The standard InChI is InChI=1S/C19H19FN2O3/c1-10-16-14(23)3-2-4-15(16)25-18(10)19(24)22-13-6-5-11-9-21-8-7-12(11)17(13)20/h5-6,21H,2-4,7-9H2,1H3,(H,22,24). The number of Topliss-reactive ketones (excluding diaryl/α,β-unsaturated/α-hetero) is 1. The summed E-state index contributed by atoms with van der Waals surface area (Å²) in [6.45, 7) is 3.05. The molecule has 1 aromatic carbocycles. The second-order valence-electron chi connectivity index (χ2n) is 6.58. The third-order valence-corrected chi connectivity index (χ3v) is 4.97. The Morgan fingerprint density at radius 3 is 2.92 bits per heavy atom. The second-order valence-corrected chi connectivity index (χ2v) is 6.58. The van der Waals surface area contributed by atoms with Crippen molar-refractivity contribution in [2.45, 2.75) is 39.2 Å². The van der Waals surface area contributed by atoms with Crippen molar-refractivity contribution in [3.05, 3.63) is 51.7 Å². The van der Waals surface area contributed by atoms with Gasteiger partial charge in [-0.1, -0.05) is 6.07 Å². The van der Waals surface area contributed by atoms with Crippen molar-refractivity contribution < 1.29 is 18.4 Å². The number of halogens is 1. The number of aryl methyl sites for hydroxylation is 1. The average molecular weight is 342 g/mol. The lowest BCUT2D eigenvalue weighted by Crippen LogP contribution is -2.25. The Labute approximate surface area is 144 Å². The third-order valence-electron chi connectivity index (χ3n) is 4.97. The normalized spacial score (nSPS) is 16.3. The van der Waals surface area contributed by atoms with Gasteiger partial charge in [-0.05, 0) is 43.5 Å². The summed E-state index contributed by atoms with van der Waals surface area (Å²) in [6.07, 6.45) is 2.44. The number of amides is 1. The molecule has 0 spiro atoms. The number of carbonyl (C=O) groups excluding carboxylic acids is 2. The van der Waals surface area contributed by atoms with Crippen LogP contribution >= 0.6 is 0 Å². The molecule has 1 aliphatic carbocycles. The lowest BCUT2D eigenvalue weighted by molar-refractivity contribution is 0.0963. The number of rotatable bonds is 2. The van der Waals surface area contributed by atoms with Crippen LogP contribution in [0.25, 0.3) is 0 Å². The van der Waals surface area contributed by atoms with Crippen LogP contribution < -0.4 is 10.6 Å². The molecule has 130 valence electrons. The van der Waals surface area contributed by atoms with Crippen molar-refractivity contribution in [2.75, 3.05) is 11.9 Å². The Hall–Kier alpha value is -2.47. The predicted octanol–water partition coefficient (Wildman–Crippen LogP) is 3.14. The van der Waals surface area contributed by atoms with Gasteiger partial charge in [-0.3, -0.25) is 9.59 Å². The van der Waals surface area contributed by atoms with Gasteiger partial charge in [0, 0.05) is 24.9 Å². The van der Waals surface area contributed by atoms with Crippen LogP contribution in [0.2, 0.25) is 0 Å². The van der Waals surface area contributed by atoms with Crippen LogP contribution in [0.4, 0.5) is 10.1 Å². The zero-order valence-corrected chi connectivity index (χ0v) is 14.0. The molecular formula is C19H19FN2O3. The van der Waals surface area contributed by atoms with Crippen molar-refractivity contribution in [3.8, 4) is 0 Å². The number of hydrogen-bond acceptors (Lipinski definition) is 4. The minimum absolute atomic E-state index is 0.00834. The third kappa shape index (κ3) is 2.66. The molecule has 5 nitrogen and oxygen atoms in total. The van der Waals surface area contributed by atoms with E-state index in [0.717, 1.165) is 12.0 Å². The van der Waals surface area contributed by atoms with Gasteiger partial charge < -0.3 is 15.1 Å². The van der Waals surface area contributed by atoms with Crippen molar-refractivity contribution in [1.29, 1.82) is 0 Å². The van der Waals surface area contributed by atoms with Crippen molar-refractivity contribution in [3.63, 3.8) is 0 Å². The zero-order valence-electron chi connectivity index (χ0n) is 14.0. The molecule has 0 bridgehead atoms. The molecule has 25 heavy (non-hydrogen) atoms. The Kier molecular flexibility index (Phi) is 3.92. The summed E-state index contributed by atoms with van der Waals surface area (Å²) in [5.74, 6) is -0.242. The fourth-order valence-electron chi connectivity index (χ4n) is 3.67. The molecule has 0 fully saturated rings. The maximum atomic E-state index is 14.7. The van der Waals surface area contributed by atoms with E-state index < -0.39 is 11.7 Å². The van der Waals surface area contributed by atoms with E-state index in [1.54, 1.807) is 13.0 Å². The van der Waals surface area contributed by atoms with Gasteiger partial charge in [0.25, 0.3) is 5.91 Å². The van der Waals surface area contributed by atoms with Crippen LogP contribution in [-0.2, 0) is 19.4 Å². The van der Waals surface area contributed by atoms with Crippen LogP contribution in [0.3, 0.4) is 0 Å². The first-order valence-electron chi connectivity index (χ1n) is 8.54. The lowest BCUT2D eigenvalue weighted by atomic mass is 9.94. The van der Waals surface area contributed by atoms with Crippen LogP contribution in [0, 0.1) is 12.7 Å². The van der Waals surface area contributed by atoms with Gasteiger partial charge >= 0.3 is 0 Å². The molecule has 2 aromatic rings. The number of fused-ring (bicyclic) bond motifs is 2. The van der Waals surface area contributed by atoms with Gasteiger partial charge in [0.1, 0.15) is 11.6 Å². The fourth-order valence-corrected chi connectivity index (χ4v) is 3.67. The fraction of sp³-hybridized carbons (Fsp3) is 0.368. The van der Waals surface area contributed by atoms with Crippen molar-refractivity contribution in [2.24, 2.45) is 0 Å². The highest BCUT2D eigenvalue weighted by Crippen LogP contribution is 2.30.